The number of hydrogen-bond donors (Lipinski definition) is 4. The van der Waals surface area contributed by atoms with Gasteiger partial charge in [-0.2, -0.15) is 0 Å². The minimum absolute atomic E-state index is 0.0135. The van der Waals surface area contributed by atoms with E-state index in [-0.39, 0.29) is 43.5 Å². The van der Waals surface area contributed by atoms with Crippen molar-refractivity contribution in [1.29, 1.82) is 0 Å². The Labute approximate surface area is 300 Å². The van der Waals surface area contributed by atoms with Crippen LogP contribution in [0.4, 0.5) is 11.4 Å². The summed E-state index contributed by atoms with van der Waals surface area (Å²) in [6, 6.07) is 31.1. The highest BCUT2D eigenvalue weighted by molar-refractivity contribution is 7.99. The summed E-state index contributed by atoms with van der Waals surface area (Å²) in [6.45, 7) is 0.367. The SMILES string of the molecule is Cn1nnnc1SC[C@@H]1C[C@H](c2ccc(CO)cc2)O[C@H](c2ccc(-c3cccc(CNC(=O)CCCC(=O)Nc4ccccc4N)c3)cc2)O1. The number of aromatic nitrogens is 4. The van der Waals surface area contributed by atoms with Gasteiger partial charge in [-0.3, -0.25) is 9.59 Å². The molecule has 2 amide bonds. The molecule has 4 aromatic carbocycles. The maximum absolute atomic E-state index is 12.5. The number of nitrogens with zero attached hydrogens (tertiary/aromatic N) is 4. The number of hydrogen-bond acceptors (Lipinski definition) is 10. The molecule has 0 saturated carbocycles. The van der Waals surface area contributed by atoms with Gasteiger partial charge in [-0.25, -0.2) is 4.68 Å². The van der Waals surface area contributed by atoms with E-state index in [4.69, 9.17) is 15.2 Å². The monoisotopic (exact) mass is 707 g/mol. The maximum atomic E-state index is 12.5. The Kier molecular flexibility index (Phi) is 12.1. The average Bonchev–Trinajstić information content (AvgIpc) is 3.58. The van der Waals surface area contributed by atoms with Crippen LogP contribution >= 0.6 is 11.8 Å². The van der Waals surface area contributed by atoms with Crippen molar-refractivity contribution < 1.29 is 24.2 Å². The van der Waals surface area contributed by atoms with Crippen molar-refractivity contribution in [2.45, 2.75) is 62.5 Å². The third kappa shape index (κ3) is 9.79. The standard InChI is InChI=1S/C38H41N7O5S/c1-45-38(42-43-44-45)51-24-31-21-34(28-14-12-25(23-46)13-15-28)50-37(49-31)29-18-16-27(17-19-29)30-7-4-6-26(20-30)22-40-35(47)10-5-11-36(48)41-33-9-3-2-8-32(33)39/h2-4,6-9,12-20,31,34,37,46H,5,10-11,21-24,39H2,1H3,(H,40,47)(H,41,48)/t31-,34+,37+/m0/s1. The van der Waals surface area contributed by atoms with Crippen molar-refractivity contribution >= 4 is 35.0 Å². The second-order valence-electron chi connectivity index (χ2n) is 12.3. The summed E-state index contributed by atoms with van der Waals surface area (Å²) in [7, 11) is 1.81. The van der Waals surface area contributed by atoms with E-state index in [0.717, 1.165) is 33.4 Å². The number of thioether (sulfide) groups is 1. The molecule has 0 radical (unpaired) electrons. The number of amides is 2. The van der Waals surface area contributed by atoms with Gasteiger partial charge in [0.15, 0.2) is 6.29 Å². The number of para-hydroxylation sites is 2. The minimum atomic E-state index is -0.581. The van der Waals surface area contributed by atoms with Crippen LogP contribution in [0, 0.1) is 0 Å². The number of benzene rings is 4. The van der Waals surface area contributed by atoms with Gasteiger partial charge in [-0.1, -0.05) is 90.6 Å². The van der Waals surface area contributed by atoms with Crippen molar-refractivity contribution in [3.05, 3.63) is 119 Å². The second-order valence-corrected chi connectivity index (χ2v) is 13.3. The summed E-state index contributed by atoms with van der Waals surface area (Å²) >= 11 is 1.54. The predicted octanol–water partition coefficient (Wildman–Crippen LogP) is 5.71. The van der Waals surface area contributed by atoms with E-state index in [1.807, 2.05) is 73.8 Å². The number of aryl methyl sites for hydroxylation is 1. The van der Waals surface area contributed by atoms with Gasteiger partial charge in [-0.15, -0.1) is 5.10 Å². The molecule has 0 spiro atoms. The molecule has 2 heterocycles. The molecule has 51 heavy (non-hydrogen) atoms. The molecule has 1 fully saturated rings. The van der Waals surface area contributed by atoms with E-state index in [9.17, 15) is 14.7 Å². The van der Waals surface area contributed by atoms with Gasteiger partial charge in [-0.05, 0) is 62.9 Å². The highest BCUT2D eigenvalue weighted by Crippen LogP contribution is 2.39. The quantitative estimate of drug-likeness (QED) is 0.0829. The van der Waals surface area contributed by atoms with Crippen molar-refractivity contribution in [2.24, 2.45) is 7.05 Å². The van der Waals surface area contributed by atoms with Crippen molar-refractivity contribution in [3.63, 3.8) is 0 Å². The number of aliphatic hydroxyl groups excluding tert-OH is 1. The fourth-order valence-corrected chi connectivity index (χ4v) is 6.62. The van der Waals surface area contributed by atoms with Gasteiger partial charge >= 0.3 is 0 Å². The number of nitrogens with one attached hydrogen (secondary N) is 2. The third-order valence-electron chi connectivity index (χ3n) is 8.57. The maximum Gasteiger partial charge on any atom is 0.224 e. The zero-order chi connectivity index (χ0) is 35.6. The fraction of sp³-hybridized carbons (Fsp3) is 0.289. The molecule has 1 aromatic heterocycles. The molecule has 0 unspecified atom stereocenters. The first kappa shape index (κ1) is 35.7. The highest BCUT2D eigenvalue weighted by Gasteiger charge is 2.32. The lowest BCUT2D eigenvalue weighted by Gasteiger charge is -2.36. The number of ether oxygens (including phenoxy) is 2. The van der Waals surface area contributed by atoms with Gasteiger partial charge in [0.1, 0.15) is 0 Å². The lowest BCUT2D eigenvalue weighted by molar-refractivity contribution is -0.245. The van der Waals surface area contributed by atoms with Crippen LogP contribution in [0.3, 0.4) is 0 Å². The number of nitrogens with two attached hydrogens (primary N) is 1. The molecule has 264 valence electrons. The van der Waals surface area contributed by atoms with Gasteiger partial charge in [0.2, 0.25) is 17.0 Å². The molecule has 6 rings (SSSR count). The minimum Gasteiger partial charge on any atom is -0.397 e. The van der Waals surface area contributed by atoms with E-state index in [2.05, 4.69) is 32.2 Å². The first-order chi connectivity index (χ1) is 24.8. The van der Waals surface area contributed by atoms with Crippen molar-refractivity contribution in [3.8, 4) is 11.1 Å². The molecule has 13 heteroatoms. The number of carbonyl (C=O) groups is 2. The van der Waals surface area contributed by atoms with E-state index in [1.165, 1.54) is 11.8 Å². The molecule has 3 atom stereocenters. The summed E-state index contributed by atoms with van der Waals surface area (Å²) in [6.07, 6.45) is 0.664. The Morgan fingerprint density at radius 1 is 0.902 bits per heavy atom. The molecule has 1 saturated heterocycles. The Morgan fingerprint density at radius 3 is 2.41 bits per heavy atom. The van der Waals surface area contributed by atoms with Crippen molar-refractivity contribution in [2.75, 3.05) is 16.8 Å². The summed E-state index contributed by atoms with van der Waals surface area (Å²) in [5.74, 6) is 0.362. The Balaban J connectivity index is 1.04. The number of rotatable bonds is 14. The molecule has 12 nitrogen and oxygen atoms in total. The molecular formula is C38H41N7O5S. The van der Waals surface area contributed by atoms with Crippen LogP contribution in [0.5, 0.6) is 0 Å². The molecule has 1 aliphatic rings. The topological polar surface area (TPSA) is 167 Å². The van der Waals surface area contributed by atoms with Crippen LogP contribution in [0.15, 0.2) is 102 Å². The summed E-state index contributed by atoms with van der Waals surface area (Å²) < 4.78 is 14.6. The largest absolute Gasteiger partial charge is 0.397 e. The van der Waals surface area contributed by atoms with Crippen LogP contribution < -0.4 is 16.4 Å². The van der Waals surface area contributed by atoms with E-state index < -0.39 is 6.29 Å². The van der Waals surface area contributed by atoms with Crippen LogP contribution in [0.1, 0.15) is 60.3 Å². The Hall–Kier alpha value is -5.08. The predicted molar refractivity (Wildman–Crippen MR) is 195 cm³/mol. The van der Waals surface area contributed by atoms with Crippen molar-refractivity contribution in [1.82, 2.24) is 25.5 Å². The zero-order valence-corrected chi connectivity index (χ0v) is 29.1. The molecule has 5 aromatic rings. The van der Waals surface area contributed by atoms with E-state index >= 15 is 0 Å². The van der Waals surface area contributed by atoms with Gasteiger partial charge in [0.05, 0.1) is 30.2 Å². The highest BCUT2D eigenvalue weighted by atomic mass is 32.2. The van der Waals surface area contributed by atoms with Crippen LogP contribution in [-0.4, -0.2) is 49.0 Å². The average molecular weight is 708 g/mol. The first-order valence-corrected chi connectivity index (χ1v) is 17.8. The lowest BCUT2D eigenvalue weighted by Crippen LogP contribution is -2.31. The summed E-state index contributed by atoms with van der Waals surface area (Å²) in [5, 5.41) is 27.7. The Morgan fingerprint density at radius 2 is 1.67 bits per heavy atom. The van der Waals surface area contributed by atoms with E-state index in [0.29, 0.717) is 41.7 Å². The third-order valence-corrected chi connectivity index (χ3v) is 9.71. The van der Waals surface area contributed by atoms with Crippen LogP contribution in [0.25, 0.3) is 11.1 Å². The van der Waals surface area contributed by atoms with Gasteiger partial charge < -0.3 is 30.9 Å². The molecule has 0 bridgehead atoms. The molecule has 5 N–H and O–H groups in total. The van der Waals surface area contributed by atoms with Gasteiger partial charge in [0.25, 0.3) is 0 Å². The smallest absolute Gasteiger partial charge is 0.224 e. The fourth-order valence-electron chi connectivity index (χ4n) is 5.75. The van der Waals surface area contributed by atoms with Crippen LogP contribution in [-0.2, 0) is 39.3 Å². The molecule has 0 aliphatic carbocycles. The van der Waals surface area contributed by atoms with E-state index in [1.54, 1.807) is 28.9 Å². The normalized spacial score (nSPS) is 17.2. The first-order valence-electron chi connectivity index (χ1n) is 16.8. The van der Waals surface area contributed by atoms with Crippen LogP contribution in [0.2, 0.25) is 0 Å². The number of carbonyl (C=O) groups excluding carboxylic acids is 2. The lowest BCUT2D eigenvalue weighted by atomic mass is 9.99. The summed E-state index contributed by atoms with van der Waals surface area (Å²) in [4.78, 5) is 24.8. The second kappa shape index (κ2) is 17.2. The molecular weight excluding hydrogens is 667 g/mol. The number of nitrogen functional groups attached to an aromatic ring is 1. The zero-order valence-electron chi connectivity index (χ0n) is 28.3. The Bertz CT molecular complexity index is 1920. The van der Waals surface area contributed by atoms with Gasteiger partial charge in [0, 0.05) is 44.2 Å². The number of tetrazole rings is 1. The number of anilines is 2. The number of aliphatic hydroxyl groups is 1. The molecule has 1 aliphatic heterocycles. The summed E-state index contributed by atoms with van der Waals surface area (Å²) in [5.41, 5.74) is 12.7.